The number of likely N-dealkylation sites (tertiary alicyclic amines) is 1. The second-order valence-electron chi connectivity index (χ2n) is 7.84. The molecule has 1 aromatic heterocycles. The third-order valence-corrected chi connectivity index (χ3v) is 5.59. The summed E-state index contributed by atoms with van der Waals surface area (Å²) in [5.74, 6) is -0.169. The van der Waals surface area contributed by atoms with Crippen LogP contribution in [0.15, 0.2) is 41.2 Å². The highest BCUT2D eigenvalue weighted by Crippen LogP contribution is 2.15. The van der Waals surface area contributed by atoms with Crippen LogP contribution in [0.3, 0.4) is 0 Å². The van der Waals surface area contributed by atoms with Crippen LogP contribution in [0.4, 0.5) is 0 Å². The maximum atomic E-state index is 12.3. The SMILES string of the molecule is Cc1ccc(-c2ccc(=O)n(CC(=O)NCCC[NH+]3CCCCC3C)n2)cc1. The van der Waals surface area contributed by atoms with Gasteiger partial charge in [0, 0.05) is 24.6 Å². The Bertz CT molecular complexity index is 844. The summed E-state index contributed by atoms with van der Waals surface area (Å²) in [5.41, 5.74) is 2.52. The van der Waals surface area contributed by atoms with Gasteiger partial charge in [-0.3, -0.25) is 9.59 Å². The molecule has 6 heteroatoms. The third-order valence-electron chi connectivity index (χ3n) is 5.59. The fraction of sp³-hybridized carbons (Fsp3) is 0.500. The van der Waals surface area contributed by atoms with Crippen molar-refractivity contribution in [3.63, 3.8) is 0 Å². The molecule has 2 unspecified atom stereocenters. The van der Waals surface area contributed by atoms with Gasteiger partial charge in [-0.1, -0.05) is 29.8 Å². The zero-order valence-corrected chi connectivity index (χ0v) is 16.9. The molecule has 6 nitrogen and oxygen atoms in total. The molecule has 2 heterocycles. The molecule has 3 rings (SSSR count). The topological polar surface area (TPSA) is 68.4 Å². The summed E-state index contributed by atoms with van der Waals surface area (Å²) in [7, 11) is 0. The average Bonchev–Trinajstić information content (AvgIpc) is 2.69. The number of benzene rings is 1. The van der Waals surface area contributed by atoms with Gasteiger partial charge in [0.15, 0.2) is 0 Å². The molecule has 0 aliphatic carbocycles. The van der Waals surface area contributed by atoms with Gasteiger partial charge in [-0.15, -0.1) is 0 Å². The Morgan fingerprint density at radius 1 is 1.21 bits per heavy atom. The normalized spacial score (nSPS) is 19.4. The fourth-order valence-corrected chi connectivity index (χ4v) is 3.80. The number of carbonyl (C=O) groups excluding carboxylic acids is 1. The lowest BCUT2D eigenvalue weighted by molar-refractivity contribution is -0.928. The summed E-state index contributed by atoms with van der Waals surface area (Å²) in [6.45, 7) is 7.25. The van der Waals surface area contributed by atoms with Gasteiger partial charge in [0.2, 0.25) is 5.91 Å². The Morgan fingerprint density at radius 3 is 2.75 bits per heavy atom. The monoisotopic (exact) mass is 383 g/mol. The molecule has 0 bridgehead atoms. The molecule has 1 aliphatic heterocycles. The largest absolute Gasteiger partial charge is 0.354 e. The molecule has 1 aliphatic rings. The first-order valence-electron chi connectivity index (χ1n) is 10.3. The number of aromatic nitrogens is 2. The smallest absolute Gasteiger partial charge is 0.267 e. The molecule has 0 spiro atoms. The molecule has 1 amide bonds. The summed E-state index contributed by atoms with van der Waals surface area (Å²) in [6.07, 6.45) is 4.90. The lowest BCUT2D eigenvalue weighted by atomic mass is 10.0. The van der Waals surface area contributed by atoms with Gasteiger partial charge < -0.3 is 10.2 Å². The van der Waals surface area contributed by atoms with Crippen molar-refractivity contribution in [2.75, 3.05) is 19.6 Å². The first-order chi connectivity index (χ1) is 13.5. The van der Waals surface area contributed by atoms with E-state index in [0.29, 0.717) is 12.2 Å². The van der Waals surface area contributed by atoms with Crippen LogP contribution in [-0.4, -0.2) is 41.4 Å². The van der Waals surface area contributed by atoms with Gasteiger partial charge in [0.1, 0.15) is 6.54 Å². The van der Waals surface area contributed by atoms with Crippen molar-refractivity contribution in [2.24, 2.45) is 0 Å². The van der Waals surface area contributed by atoms with E-state index in [1.165, 1.54) is 36.6 Å². The van der Waals surface area contributed by atoms with E-state index in [9.17, 15) is 9.59 Å². The molecular weight excluding hydrogens is 352 g/mol. The minimum Gasteiger partial charge on any atom is -0.354 e. The summed E-state index contributed by atoms with van der Waals surface area (Å²) >= 11 is 0. The quantitative estimate of drug-likeness (QED) is 0.706. The number of nitrogens with one attached hydrogen (secondary N) is 2. The highest BCUT2D eigenvalue weighted by molar-refractivity contribution is 5.75. The molecule has 1 saturated heterocycles. The van der Waals surface area contributed by atoms with Crippen LogP contribution >= 0.6 is 0 Å². The number of hydrogen-bond donors (Lipinski definition) is 2. The van der Waals surface area contributed by atoms with Crippen LogP contribution in [0.1, 0.15) is 38.2 Å². The van der Waals surface area contributed by atoms with E-state index in [4.69, 9.17) is 0 Å². The standard InChI is InChI=1S/C22H30N4O2/c1-17-7-9-19(10-8-17)20-11-12-22(28)26(24-20)16-21(27)23-13-5-15-25-14-4-3-6-18(25)2/h7-12,18H,3-6,13-16H2,1-2H3,(H,23,27)/p+1. The molecule has 0 saturated carbocycles. The van der Waals surface area contributed by atoms with E-state index in [2.05, 4.69) is 17.3 Å². The Morgan fingerprint density at radius 2 is 2.00 bits per heavy atom. The minimum atomic E-state index is -0.266. The number of piperidine rings is 1. The summed E-state index contributed by atoms with van der Waals surface area (Å²) in [4.78, 5) is 26.0. The van der Waals surface area contributed by atoms with Crippen LogP contribution in [-0.2, 0) is 11.3 Å². The minimum absolute atomic E-state index is 0.0501. The Balaban J connectivity index is 1.51. The molecule has 28 heavy (non-hydrogen) atoms. The average molecular weight is 384 g/mol. The third kappa shape index (κ3) is 5.52. The zero-order valence-electron chi connectivity index (χ0n) is 16.9. The predicted molar refractivity (Wildman–Crippen MR) is 110 cm³/mol. The highest BCUT2D eigenvalue weighted by Gasteiger charge is 2.20. The van der Waals surface area contributed by atoms with E-state index in [1.54, 1.807) is 11.0 Å². The number of quaternary nitrogens is 1. The van der Waals surface area contributed by atoms with Crippen molar-refractivity contribution >= 4 is 5.91 Å². The number of rotatable bonds is 7. The molecule has 1 aromatic carbocycles. The maximum Gasteiger partial charge on any atom is 0.267 e. The number of aryl methyl sites for hydroxylation is 1. The van der Waals surface area contributed by atoms with E-state index >= 15 is 0 Å². The lowest BCUT2D eigenvalue weighted by Crippen LogP contribution is -3.16. The van der Waals surface area contributed by atoms with Crippen LogP contribution < -0.4 is 15.8 Å². The second kappa shape index (κ2) is 9.64. The van der Waals surface area contributed by atoms with Crippen LogP contribution in [0.5, 0.6) is 0 Å². The maximum absolute atomic E-state index is 12.3. The first kappa shape index (κ1) is 20.3. The van der Waals surface area contributed by atoms with Crippen LogP contribution in [0.2, 0.25) is 0 Å². The molecule has 0 radical (unpaired) electrons. The van der Waals surface area contributed by atoms with E-state index in [-0.39, 0.29) is 18.0 Å². The predicted octanol–water partition coefficient (Wildman–Crippen LogP) is 1.18. The van der Waals surface area contributed by atoms with Crippen molar-refractivity contribution in [3.8, 4) is 11.3 Å². The second-order valence-corrected chi connectivity index (χ2v) is 7.84. The van der Waals surface area contributed by atoms with Gasteiger partial charge in [-0.05, 0) is 39.2 Å². The van der Waals surface area contributed by atoms with Gasteiger partial charge >= 0.3 is 0 Å². The van der Waals surface area contributed by atoms with E-state index in [1.807, 2.05) is 31.2 Å². The van der Waals surface area contributed by atoms with Crippen LogP contribution in [0, 0.1) is 6.92 Å². The van der Waals surface area contributed by atoms with Gasteiger partial charge in [-0.2, -0.15) is 5.10 Å². The fourth-order valence-electron chi connectivity index (χ4n) is 3.80. The first-order valence-corrected chi connectivity index (χ1v) is 10.3. The molecule has 2 aromatic rings. The molecule has 2 atom stereocenters. The summed E-state index contributed by atoms with van der Waals surface area (Å²) in [6, 6.07) is 11.8. The summed E-state index contributed by atoms with van der Waals surface area (Å²) < 4.78 is 1.24. The molecule has 1 fully saturated rings. The number of amides is 1. The van der Waals surface area contributed by atoms with E-state index < -0.39 is 0 Å². The molecule has 150 valence electrons. The number of nitrogens with zero attached hydrogens (tertiary/aromatic N) is 2. The Kier molecular flexibility index (Phi) is 6.98. The Labute approximate surface area is 166 Å². The highest BCUT2D eigenvalue weighted by atomic mass is 16.2. The van der Waals surface area contributed by atoms with Crippen LogP contribution in [0.25, 0.3) is 11.3 Å². The summed E-state index contributed by atoms with van der Waals surface area (Å²) in [5, 5.41) is 7.29. The van der Waals surface area contributed by atoms with Crippen molar-refractivity contribution < 1.29 is 9.69 Å². The number of carbonyl (C=O) groups is 1. The lowest BCUT2D eigenvalue weighted by Gasteiger charge is -2.30. The molecule has 2 N–H and O–H groups in total. The van der Waals surface area contributed by atoms with Gasteiger partial charge in [0.25, 0.3) is 5.56 Å². The van der Waals surface area contributed by atoms with Crippen molar-refractivity contribution in [3.05, 3.63) is 52.3 Å². The van der Waals surface area contributed by atoms with Gasteiger partial charge in [0.05, 0.1) is 24.8 Å². The molecular formula is C22H31N4O2+. The van der Waals surface area contributed by atoms with E-state index in [0.717, 1.165) is 30.1 Å². The zero-order chi connectivity index (χ0) is 19.9. The van der Waals surface area contributed by atoms with Crippen molar-refractivity contribution in [1.29, 1.82) is 0 Å². The Hall–Kier alpha value is -2.47. The van der Waals surface area contributed by atoms with Crippen molar-refractivity contribution in [2.45, 2.75) is 52.1 Å². The number of hydrogen-bond acceptors (Lipinski definition) is 3. The van der Waals surface area contributed by atoms with Gasteiger partial charge in [-0.25, -0.2) is 4.68 Å². The van der Waals surface area contributed by atoms with Crippen molar-refractivity contribution in [1.82, 2.24) is 15.1 Å².